The molecule has 2 atom stereocenters. The van der Waals surface area contributed by atoms with Crippen molar-refractivity contribution >= 4 is 41.3 Å². The molecule has 0 aromatic heterocycles. The standard InChI is InChI=1S/C25H25ClN2O4S/c26-18-6-2-1-5-17(18)12-23-25(30)28(19-7-3-4-8-22(19)33-23)14-24(29)27-13-16-9-10-20-21(11-16)32-15-31-20/h1-2,5-6,9-12,19,22H,3-4,7-8,13-15H2,(H,27,29)/b23-12+. The molecule has 2 fully saturated rings. The molecule has 8 heteroatoms. The normalized spacial score (nSPS) is 22.9. The van der Waals surface area contributed by atoms with Crippen LogP contribution in [0.3, 0.4) is 0 Å². The van der Waals surface area contributed by atoms with E-state index in [0.717, 1.165) is 36.8 Å². The fourth-order valence-electron chi connectivity index (χ4n) is 4.56. The van der Waals surface area contributed by atoms with E-state index in [1.807, 2.05) is 48.5 Å². The zero-order valence-electron chi connectivity index (χ0n) is 18.1. The number of hydrogen-bond acceptors (Lipinski definition) is 5. The van der Waals surface area contributed by atoms with Gasteiger partial charge >= 0.3 is 0 Å². The average Bonchev–Trinajstić information content (AvgIpc) is 3.30. The number of hydrogen-bond donors (Lipinski definition) is 1. The number of nitrogens with one attached hydrogen (secondary N) is 1. The summed E-state index contributed by atoms with van der Waals surface area (Å²) in [6, 6.07) is 13.2. The second-order valence-electron chi connectivity index (χ2n) is 8.44. The van der Waals surface area contributed by atoms with Gasteiger partial charge in [0.1, 0.15) is 6.54 Å². The molecule has 2 aromatic carbocycles. The van der Waals surface area contributed by atoms with Crippen molar-refractivity contribution in [1.29, 1.82) is 0 Å². The van der Waals surface area contributed by atoms with Gasteiger partial charge in [0.15, 0.2) is 11.5 Å². The first-order valence-electron chi connectivity index (χ1n) is 11.2. The fraction of sp³-hybridized carbons (Fsp3) is 0.360. The van der Waals surface area contributed by atoms with Crippen molar-refractivity contribution in [3.8, 4) is 11.5 Å². The molecule has 0 bridgehead atoms. The summed E-state index contributed by atoms with van der Waals surface area (Å²) in [4.78, 5) is 28.7. The maximum absolute atomic E-state index is 13.4. The molecule has 2 unspecified atom stereocenters. The Hall–Kier alpha value is -2.64. The first-order valence-corrected chi connectivity index (χ1v) is 12.4. The molecule has 1 saturated heterocycles. The van der Waals surface area contributed by atoms with Crippen LogP contribution < -0.4 is 14.8 Å². The SMILES string of the molecule is O=C(CN1C(=O)/C(=C\c2ccccc2Cl)SC2CCCCC21)NCc1ccc2c(c1)OCO2. The summed E-state index contributed by atoms with van der Waals surface area (Å²) in [6.07, 6.45) is 6.05. The van der Waals surface area contributed by atoms with Gasteiger partial charge in [0.05, 0.1) is 4.91 Å². The lowest BCUT2D eigenvalue weighted by Crippen LogP contribution is -2.54. The molecular weight excluding hydrogens is 460 g/mol. The number of amides is 2. The van der Waals surface area contributed by atoms with Crippen LogP contribution in [-0.4, -0.2) is 41.3 Å². The Morgan fingerprint density at radius 2 is 1.97 bits per heavy atom. The summed E-state index contributed by atoms with van der Waals surface area (Å²) < 4.78 is 10.7. The van der Waals surface area contributed by atoms with E-state index in [-0.39, 0.29) is 31.2 Å². The van der Waals surface area contributed by atoms with Crippen LogP contribution in [0, 0.1) is 0 Å². The van der Waals surface area contributed by atoms with E-state index in [4.69, 9.17) is 21.1 Å². The number of thioether (sulfide) groups is 1. The Morgan fingerprint density at radius 3 is 2.85 bits per heavy atom. The highest BCUT2D eigenvalue weighted by Crippen LogP contribution is 2.42. The van der Waals surface area contributed by atoms with Crippen molar-refractivity contribution < 1.29 is 19.1 Å². The molecule has 2 aliphatic heterocycles. The maximum atomic E-state index is 13.4. The Bertz CT molecular complexity index is 1110. The quantitative estimate of drug-likeness (QED) is 0.627. The third-order valence-corrected chi connectivity index (χ3v) is 7.99. The number of carbonyl (C=O) groups is 2. The minimum Gasteiger partial charge on any atom is -0.454 e. The first kappa shape index (κ1) is 22.2. The van der Waals surface area contributed by atoms with Crippen LogP contribution in [0.15, 0.2) is 47.4 Å². The average molecular weight is 485 g/mol. The largest absolute Gasteiger partial charge is 0.454 e. The molecule has 6 nitrogen and oxygen atoms in total. The smallest absolute Gasteiger partial charge is 0.261 e. The van der Waals surface area contributed by atoms with Gasteiger partial charge in [0.2, 0.25) is 12.7 Å². The Balaban J connectivity index is 1.30. The van der Waals surface area contributed by atoms with Crippen molar-refractivity contribution in [3.05, 3.63) is 63.5 Å². The molecular formula is C25H25ClN2O4S. The summed E-state index contributed by atoms with van der Waals surface area (Å²) in [5.74, 6) is 1.13. The summed E-state index contributed by atoms with van der Waals surface area (Å²) in [6.45, 7) is 0.625. The molecule has 1 aliphatic carbocycles. The van der Waals surface area contributed by atoms with E-state index < -0.39 is 0 Å². The summed E-state index contributed by atoms with van der Waals surface area (Å²) in [5, 5.41) is 3.86. The zero-order chi connectivity index (χ0) is 22.8. The topological polar surface area (TPSA) is 67.9 Å². The Labute approximate surface area is 202 Å². The van der Waals surface area contributed by atoms with Crippen LogP contribution in [0.5, 0.6) is 11.5 Å². The molecule has 2 heterocycles. The highest BCUT2D eigenvalue weighted by molar-refractivity contribution is 8.04. The molecule has 172 valence electrons. The maximum Gasteiger partial charge on any atom is 0.261 e. The second kappa shape index (κ2) is 9.69. The molecule has 1 N–H and O–H groups in total. The van der Waals surface area contributed by atoms with E-state index in [9.17, 15) is 9.59 Å². The lowest BCUT2D eigenvalue weighted by Gasteiger charge is -2.43. The predicted octanol–water partition coefficient (Wildman–Crippen LogP) is 4.61. The van der Waals surface area contributed by atoms with Crippen LogP contribution in [-0.2, 0) is 16.1 Å². The first-order chi connectivity index (χ1) is 16.1. The molecule has 0 radical (unpaired) electrons. The van der Waals surface area contributed by atoms with Gasteiger partial charge in [-0.3, -0.25) is 9.59 Å². The zero-order valence-corrected chi connectivity index (χ0v) is 19.7. The van der Waals surface area contributed by atoms with Crippen LogP contribution in [0.25, 0.3) is 6.08 Å². The van der Waals surface area contributed by atoms with E-state index in [2.05, 4.69) is 5.32 Å². The predicted molar refractivity (Wildman–Crippen MR) is 129 cm³/mol. The van der Waals surface area contributed by atoms with Crippen molar-refractivity contribution in [2.24, 2.45) is 0 Å². The van der Waals surface area contributed by atoms with Gasteiger partial charge in [-0.1, -0.05) is 48.7 Å². The lowest BCUT2D eigenvalue weighted by molar-refractivity contribution is -0.135. The van der Waals surface area contributed by atoms with Gasteiger partial charge in [0, 0.05) is 22.9 Å². The van der Waals surface area contributed by atoms with Gasteiger partial charge in [-0.25, -0.2) is 0 Å². The third-order valence-electron chi connectivity index (χ3n) is 6.25. The van der Waals surface area contributed by atoms with Crippen LogP contribution in [0.4, 0.5) is 0 Å². The Kier molecular flexibility index (Phi) is 6.51. The molecule has 0 spiro atoms. The monoisotopic (exact) mass is 484 g/mol. The van der Waals surface area contributed by atoms with Crippen molar-refractivity contribution in [3.63, 3.8) is 0 Å². The van der Waals surface area contributed by atoms with E-state index in [0.29, 0.717) is 33.2 Å². The molecule has 2 amide bonds. The van der Waals surface area contributed by atoms with E-state index in [1.54, 1.807) is 16.7 Å². The molecule has 1 saturated carbocycles. The number of benzene rings is 2. The Morgan fingerprint density at radius 1 is 1.15 bits per heavy atom. The highest BCUT2D eigenvalue weighted by atomic mass is 35.5. The van der Waals surface area contributed by atoms with Crippen LogP contribution in [0.1, 0.15) is 36.8 Å². The molecule has 2 aromatic rings. The van der Waals surface area contributed by atoms with E-state index >= 15 is 0 Å². The van der Waals surface area contributed by atoms with Crippen molar-refractivity contribution in [2.45, 2.75) is 43.5 Å². The van der Waals surface area contributed by atoms with Gasteiger partial charge in [-0.15, -0.1) is 11.8 Å². The minimum absolute atomic E-state index is 0.0466. The van der Waals surface area contributed by atoms with Gasteiger partial charge in [-0.05, 0) is 48.2 Å². The van der Waals surface area contributed by atoms with Gasteiger partial charge in [-0.2, -0.15) is 0 Å². The van der Waals surface area contributed by atoms with Gasteiger partial charge in [0.25, 0.3) is 5.91 Å². The number of fused-ring (bicyclic) bond motifs is 2. The molecule has 3 aliphatic rings. The second-order valence-corrected chi connectivity index (χ2v) is 10.1. The van der Waals surface area contributed by atoms with Crippen molar-refractivity contribution in [2.75, 3.05) is 13.3 Å². The van der Waals surface area contributed by atoms with E-state index in [1.165, 1.54) is 0 Å². The van der Waals surface area contributed by atoms with Gasteiger partial charge < -0.3 is 19.7 Å². The number of carbonyl (C=O) groups excluding carboxylic acids is 2. The number of halogens is 1. The highest BCUT2D eigenvalue weighted by Gasteiger charge is 2.41. The third kappa shape index (κ3) is 4.84. The van der Waals surface area contributed by atoms with Crippen LogP contribution in [0.2, 0.25) is 5.02 Å². The minimum atomic E-state index is -0.172. The number of ether oxygens (including phenoxy) is 2. The number of nitrogens with zero attached hydrogens (tertiary/aromatic N) is 1. The summed E-state index contributed by atoms with van der Waals surface area (Å²) in [7, 11) is 0. The molecule has 5 rings (SSSR count). The molecule has 33 heavy (non-hydrogen) atoms. The lowest BCUT2D eigenvalue weighted by atomic mass is 9.93. The summed E-state index contributed by atoms with van der Waals surface area (Å²) in [5.41, 5.74) is 1.74. The van der Waals surface area contributed by atoms with Crippen molar-refractivity contribution in [1.82, 2.24) is 10.2 Å². The van der Waals surface area contributed by atoms with Crippen LogP contribution >= 0.6 is 23.4 Å². The number of rotatable bonds is 5. The fourth-order valence-corrected chi connectivity index (χ4v) is 6.21. The summed E-state index contributed by atoms with van der Waals surface area (Å²) >= 11 is 7.96.